The van der Waals surface area contributed by atoms with Crippen molar-refractivity contribution in [1.29, 1.82) is 0 Å². The molecule has 1 heterocycles. The lowest BCUT2D eigenvalue weighted by Gasteiger charge is -2.10. The van der Waals surface area contributed by atoms with Crippen LogP contribution in [0.5, 0.6) is 5.75 Å². The topological polar surface area (TPSA) is 106 Å². The Labute approximate surface area is 238 Å². The van der Waals surface area contributed by atoms with E-state index in [1.54, 1.807) is 6.07 Å². The van der Waals surface area contributed by atoms with E-state index in [4.69, 9.17) is 9.84 Å². The first-order valence-electron chi connectivity index (χ1n) is 13.9. The van der Waals surface area contributed by atoms with Gasteiger partial charge in [-0.25, -0.2) is 0 Å². The SMILES string of the molecule is O=C(O)CCC(=O)c1cn(CC(=O)O)c2c(/C=C/c3ccc(OCCCC4Cc5ccccc5C4)cc3)cccc12. The number of carboxylic acid groups (broad SMARTS) is 2. The van der Waals surface area contributed by atoms with Gasteiger partial charge < -0.3 is 19.5 Å². The molecule has 210 valence electrons. The van der Waals surface area contributed by atoms with Crippen molar-refractivity contribution >= 4 is 40.8 Å². The molecule has 0 atom stereocenters. The predicted molar refractivity (Wildman–Crippen MR) is 158 cm³/mol. The fraction of sp³-hybridized carbons (Fsp3) is 0.265. The molecule has 1 aromatic heterocycles. The highest BCUT2D eigenvalue weighted by atomic mass is 16.5. The Morgan fingerprint density at radius 1 is 0.854 bits per heavy atom. The van der Waals surface area contributed by atoms with Gasteiger partial charge in [0.1, 0.15) is 12.3 Å². The van der Waals surface area contributed by atoms with Crippen LogP contribution < -0.4 is 4.74 Å². The van der Waals surface area contributed by atoms with Gasteiger partial charge in [-0.15, -0.1) is 0 Å². The van der Waals surface area contributed by atoms with Gasteiger partial charge >= 0.3 is 11.9 Å². The number of carbonyl (C=O) groups is 3. The Kier molecular flexibility index (Phi) is 8.63. The van der Waals surface area contributed by atoms with E-state index in [0.717, 1.165) is 42.6 Å². The maximum atomic E-state index is 12.7. The van der Waals surface area contributed by atoms with Gasteiger partial charge in [-0.05, 0) is 66.0 Å². The Morgan fingerprint density at radius 2 is 1.59 bits per heavy atom. The van der Waals surface area contributed by atoms with E-state index in [0.29, 0.717) is 29.0 Å². The maximum absolute atomic E-state index is 12.7. The zero-order valence-corrected chi connectivity index (χ0v) is 22.8. The summed E-state index contributed by atoms with van der Waals surface area (Å²) in [5.41, 5.74) is 5.63. The lowest BCUT2D eigenvalue weighted by atomic mass is 10.0. The Hall–Kier alpha value is -4.65. The average Bonchev–Trinajstić information content (AvgIpc) is 3.55. The molecule has 7 nitrogen and oxygen atoms in total. The van der Waals surface area contributed by atoms with E-state index in [2.05, 4.69) is 24.3 Å². The third-order valence-corrected chi connectivity index (χ3v) is 7.60. The first kappa shape index (κ1) is 27.9. The molecule has 0 aliphatic heterocycles. The molecule has 1 aliphatic carbocycles. The van der Waals surface area contributed by atoms with Gasteiger partial charge in [-0.1, -0.05) is 66.7 Å². The summed E-state index contributed by atoms with van der Waals surface area (Å²) in [5.74, 6) is -0.897. The van der Waals surface area contributed by atoms with Gasteiger partial charge in [0.2, 0.25) is 0 Å². The van der Waals surface area contributed by atoms with Crippen LogP contribution in [0.4, 0.5) is 0 Å². The number of Topliss-reactive ketones (excluding diaryl/α,β-unsaturated/α-hetero) is 1. The highest BCUT2D eigenvalue weighted by Gasteiger charge is 2.21. The van der Waals surface area contributed by atoms with Crippen LogP contribution in [0.25, 0.3) is 23.1 Å². The molecule has 0 fully saturated rings. The molecule has 4 aromatic rings. The van der Waals surface area contributed by atoms with E-state index in [-0.39, 0.29) is 25.2 Å². The van der Waals surface area contributed by atoms with Crippen LogP contribution in [0.15, 0.2) is 72.9 Å². The van der Waals surface area contributed by atoms with Crippen LogP contribution in [-0.2, 0) is 29.0 Å². The van der Waals surface area contributed by atoms with Gasteiger partial charge in [-0.2, -0.15) is 0 Å². The lowest BCUT2D eigenvalue weighted by Crippen LogP contribution is -2.08. The monoisotopic (exact) mass is 551 g/mol. The van der Waals surface area contributed by atoms with E-state index < -0.39 is 11.9 Å². The van der Waals surface area contributed by atoms with Gasteiger partial charge in [-0.3, -0.25) is 14.4 Å². The van der Waals surface area contributed by atoms with Crippen molar-refractivity contribution < 1.29 is 29.3 Å². The minimum absolute atomic E-state index is 0.148. The number of carboxylic acids is 2. The number of rotatable bonds is 13. The van der Waals surface area contributed by atoms with E-state index in [9.17, 15) is 19.5 Å². The third kappa shape index (κ3) is 6.92. The van der Waals surface area contributed by atoms with Crippen LogP contribution in [0, 0.1) is 5.92 Å². The quantitative estimate of drug-likeness (QED) is 0.111. The number of benzene rings is 3. The molecule has 0 saturated carbocycles. The minimum atomic E-state index is -1.05. The second kappa shape index (κ2) is 12.7. The number of hydrogen-bond donors (Lipinski definition) is 2. The van der Waals surface area contributed by atoms with Crippen molar-refractivity contribution in [2.45, 2.75) is 45.1 Å². The van der Waals surface area contributed by atoms with Crippen molar-refractivity contribution in [1.82, 2.24) is 4.57 Å². The van der Waals surface area contributed by atoms with Gasteiger partial charge in [0.25, 0.3) is 0 Å². The summed E-state index contributed by atoms with van der Waals surface area (Å²) in [6.07, 6.45) is 9.39. The molecule has 0 radical (unpaired) electrons. The zero-order valence-electron chi connectivity index (χ0n) is 22.8. The molecular formula is C34H33NO6. The summed E-state index contributed by atoms with van der Waals surface area (Å²) in [4.78, 5) is 35.2. The first-order chi connectivity index (χ1) is 19.9. The predicted octanol–water partition coefficient (Wildman–Crippen LogP) is 6.52. The van der Waals surface area contributed by atoms with Crippen molar-refractivity contribution in [2.75, 3.05) is 6.61 Å². The smallest absolute Gasteiger partial charge is 0.323 e. The molecule has 5 rings (SSSR count). The second-order valence-corrected chi connectivity index (χ2v) is 10.6. The largest absolute Gasteiger partial charge is 0.494 e. The van der Waals surface area contributed by atoms with E-state index in [1.165, 1.54) is 21.9 Å². The molecular weight excluding hydrogens is 518 g/mol. The number of ether oxygens (including phenoxy) is 1. The average molecular weight is 552 g/mol. The molecule has 0 saturated heterocycles. The number of aromatic nitrogens is 1. The third-order valence-electron chi connectivity index (χ3n) is 7.60. The number of carbonyl (C=O) groups excluding carboxylic acids is 1. The molecule has 0 spiro atoms. The Morgan fingerprint density at radius 3 is 2.27 bits per heavy atom. The van der Waals surface area contributed by atoms with Crippen LogP contribution in [0.1, 0.15) is 58.3 Å². The number of fused-ring (bicyclic) bond motifs is 2. The summed E-state index contributed by atoms with van der Waals surface area (Å²) in [6.45, 7) is 0.366. The number of hydrogen-bond acceptors (Lipinski definition) is 4. The molecule has 7 heteroatoms. The van der Waals surface area contributed by atoms with Crippen molar-refractivity contribution in [2.24, 2.45) is 5.92 Å². The fourth-order valence-electron chi connectivity index (χ4n) is 5.65. The summed E-state index contributed by atoms with van der Waals surface area (Å²) >= 11 is 0. The normalized spacial score (nSPS) is 13.1. The zero-order chi connectivity index (χ0) is 28.8. The van der Waals surface area contributed by atoms with Gasteiger partial charge in [0, 0.05) is 23.6 Å². The lowest BCUT2D eigenvalue weighted by molar-refractivity contribution is -0.138. The van der Waals surface area contributed by atoms with E-state index >= 15 is 0 Å². The second-order valence-electron chi connectivity index (χ2n) is 10.6. The van der Waals surface area contributed by atoms with Crippen LogP contribution in [0.3, 0.4) is 0 Å². The van der Waals surface area contributed by atoms with Crippen LogP contribution >= 0.6 is 0 Å². The van der Waals surface area contributed by atoms with Crippen molar-refractivity contribution in [3.05, 3.63) is 101 Å². The number of para-hydroxylation sites is 1. The molecule has 0 bridgehead atoms. The first-order valence-corrected chi connectivity index (χ1v) is 13.9. The summed E-state index contributed by atoms with van der Waals surface area (Å²) in [5, 5.41) is 19.0. The van der Waals surface area contributed by atoms with Crippen LogP contribution in [-0.4, -0.2) is 39.1 Å². The number of nitrogens with zero attached hydrogens (tertiary/aromatic N) is 1. The molecule has 2 N–H and O–H groups in total. The van der Waals surface area contributed by atoms with Crippen molar-refractivity contribution in [3.8, 4) is 5.75 Å². The van der Waals surface area contributed by atoms with Gasteiger partial charge in [0.15, 0.2) is 5.78 Å². The molecule has 0 amide bonds. The highest BCUT2D eigenvalue weighted by Crippen LogP contribution is 2.30. The summed E-state index contributed by atoms with van der Waals surface area (Å²) in [7, 11) is 0. The standard InChI is InChI=1S/C34H33NO6/c36-31(16-17-32(37)38)30-21-35(22-33(39)40)34-25(8-3-9-29(30)34)13-10-23-11-14-28(15-12-23)41-18-4-5-24-19-26-6-1-2-7-27(26)20-24/h1-3,6-15,21,24H,4-5,16-20,22H2,(H,37,38)(H,39,40)/b13-10+. The molecule has 1 aliphatic rings. The number of ketones is 1. The Balaban J connectivity index is 1.22. The minimum Gasteiger partial charge on any atom is -0.494 e. The highest BCUT2D eigenvalue weighted by molar-refractivity contribution is 6.10. The Bertz CT molecular complexity index is 1570. The summed E-state index contributed by atoms with van der Waals surface area (Å²) < 4.78 is 7.51. The van der Waals surface area contributed by atoms with E-state index in [1.807, 2.05) is 48.6 Å². The van der Waals surface area contributed by atoms with Gasteiger partial charge in [0.05, 0.1) is 18.5 Å². The van der Waals surface area contributed by atoms with Crippen molar-refractivity contribution in [3.63, 3.8) is 0 Å². The molecule has 0 unspecified atom stereocenters. The maximum Gasteiger partial charge on any atom is 0.323 e. The molecule has 41 heavy (non-hydrogen) atoms. The summed E-state index contributed by atoms with van der Waals surface area (Å²) in [6, 6.07) is 22.0. The van der Waals surface area contributed by atoms with Crippen LogP contribution in [0.2, 0.25) is 0 Å². The fourth-order valence-corrected chi connectivity index (χ4v) is 5.65. The number of aliphatic carboxylic acids is 2. The molecule has 3 aromatic carbocycles.